The zero-order valence-electron chi connectivity index (χ0n) is 11.8. The molecule has 0 aromatic rings. The first kappa shape index (κ1) is 16.2. The summed E-state index contributed by atoms with van der Waals surface area (Å²) in [5.74, 6) is 0. The molecule has 2 N–H and O–H groups in total. The van der Waals surface area contributed by atoms with Gasteiger partial charge in [-0.3, -0.25) is 0 Å². The summed E-state index contributed by atoms with van der Waals surface area (Å²) in [5.41, 5.74) is 0. The zero-order valence-corrected chi connectivity index (χ0v) is 12.6. The average molecular weight is 291 g/mol. The minimum atomic E-state index is -3.21. The number of hydrogen-bond donors (Lipinski definition) is 2. The summed E-state index contributed by atoms with van der Waals surface area (Å²) >= 11 is 0. The Bertz CT molecular complexity index is 384. The van der Waals surface area contributed by atoms with E-state index in [1.54, 1.807) is 4.90 Å². The molecule has 112 valence electrons. The number of likely N-dealkylation sites (tertiary alicyclic amines) is 1. The third kappa shape index (κ3) is 6.77. The van der Waals surface area contributed by atoms with Crippen molar-refractivity contribution in [2.24, 2.45) is 0 Å². The maximum absolute atomic E-state index is 11.9. The number of amides is 2. The highest BCUT2D eigenvalue weighted by molar-refractivity contribution is 7.88. The fraction of sp³-hybridized carbons (Fsp3) is 0.917. The van der Waals surface area contributed by atoms with Gasteiger partial charge in [0, 0.05) is 25.7 Å². The van der Waals surface area contributed by atoms with Gasteiger partial charge in [0.2, 0.25) is 10.0 Å². The van der Waals surface area contributed by atoms with E-state index in [0.717, 1.165) is 38.4 Å². The highest BCUT2D eigenvalue weighted by Crippen LogP contribution is 2.10. The van der Waals surface area contributed by atoms with Gasteiger partial charge in [0.25, 0.3) is 0 Å². The number of urea groups is 1. The lowest BCUT2D eigenvalue weighted by molar-refractivity contribution is 0.177. The largest absolute Gasteiger partial charge is 0.338 e. The topological polar surface area (TPSA) is 78.5 Å². The van der Waals surface area contributed by atoms with Gasteiger partial charge in [0.15, 0.2) is 0 Å². The van der Waals surface area contributed by atoms with Crippen LogP contribution in [0.3, 0.4) is 0 Å². The Labute approximate surface area is 116 Å². The van der Waals surface area contributed by atoms with Crippen molar-refractivity contribution in [2.75, 3.05) is 25.9 Å². The van der Waals surface area contributed by atoms with Crippen LogP contribution in [0.2, 0.25) is 0 Å². The molecular weight excluding hydrogens is 266 g/mol. The molecule has 0 aliphatic carbocycles. The number of carbonyl (C=O) groups excluding carboxylic acids is 1. The summed E-state index contributed by atoms with van der Waals surface area (Å²) in [6.45, 7) is 3.95. The van der Waals surface area contributed by atoms with Crippen LogP contribution in [0.1, 0.15) is 39.0 Å². The summed E-state index contributed by atoms with van der Waals surface area (Å²) < 4.78 is 24.9. The third-order valence-electron chi connectivity index (χ3n) is 3.15. The predicted molar refractivity (Wildman–Crippen MR) is 75.5 cm³/mol. The summed E-state index contributed by atoms with van der Waals surface area (Å²) in [6.07, 6.45) is 5.98. The molecule has 7 heteroatoms. The van der Waals surface area contributed by atoms with Crippen LogP contribution in [0.25, 0.3) is 0 Å². The van der Waals surface area contributed by atoms with Gasteiger partial charge in [-0.15, -0.1) is 0 Å². The van der Waals surface area contributed by atoms with Gasteiger partial charge in [-0.05, 0) is 19.3 Å². The summed E-state index contributed by atoms with van der Waals surface area (Å²) in [5, 5.41) is 2.88. The van der Waals surface area contributed by atoms with Crippen LogP contribution >= 0.6 is 0 Å². The Morgan fingerprint density at radius 3 is 2.74 bits per heavy atom. The average Bonchev–Trinajstić information content (AvgIpc) is 2.32. The highest BCUT2D eigenvalue weighted by atomic mass is 32.2. The molecule has 1 fully saturated rings. The van der Waals surface area contributed by atoms with Crippen molar-refractivity contribution < 1.29 is 13.2 Å². The highest BCUT2D eigenvalue weighted by Gasteiger charge is 2.25. The van der Waals surface area contributed by atoms with Gasteiger partial charge >= 0.3 is 6.03 Å². The maximum Gasteiger partial charge on any atom is 0.317 e. The van der Waals surface area contributed by atoms with Crippen LogP contribution in [-0.4, -0.2) is 51.3 Å². The van der Waals surface area contributed by atoms with Gasteiger partial charge in [-0.1, -0.05) is 19.8 Å². The van der Waals surface area contributed by atoms with Gasteiger partial charge in [-0.25, -0.2) is 17.9 Å². The molecule has 0 bridgehead atoms. The minimum absolute atomic E-state index is 0.0869. The predicted octanol–water partition coefficient (Wildman–Crippen LogP) is 0.900. The summed E-state index contributed by atoms with van der Waals surface area (Å²) in [7, 11) is -3.21. The molecule has 2 amide bonds. The van der Waals surface area contributed by atoms with E-state index in [-0.39, 0.29) is 12.1 Å². The van der Waals surface area contributed by atoms with E-state index < -0.39 is 10.0 Å². The Hall–Kier alpha value is -0.820. The van der Waals surface area contributed by atoms with Gasteiger partial charge in [-0.2, -0.15) is 0 Å². The Morgan fingerprint density at radius 1 is 1.37 bits per heavy atom. The van der Waals surface area contributed by atoms with Crippen molar-refractivity contribution in [1.29, 1.82) is 0 Å². The van der Waals surface area contributed by atoms with Crippen molar-refractivity contribution in [3.8, 4) is 0 Å². The number of rotatable bonds is 6. The van der Waals surface area contributed by atoms with Crippen molar-refractivity contribution in [1.82, 2.24) is 14.9 Å². The maximum atomic E-state index is 11.9. The summed E-state index contributed by atoms with van der Waals surface area (Å²) in [4.78, 5) is 13.6. The molecule has 1 rings (SSSR count). The smallest absolute Gasteiger partial charge is 0.317 e. The quantitative estimate of drug-likeness (QED) is 0.714. The first-order valence-electron chi connectivity index (χ1n) is 6.92. The van der Waals surface area contributed by atoms with E-state index in [9.17, 15) is 13.2 Å². The molecule has 0 saturated carbocycles. The van der Waals surface area contributed by atoms with Crippen LogP contribution in [0.4, 0.5) is 4.79 Å². The van der Waals surface area contributed by atoms with Crippen LogP contribution in [0.15, 0.2) is 0 Å². The van der Waals surface area contributed by atoms with Crippen molar-refractivity contribution in [2.45, 2.75) is 45.1 Å². The molecule has 19 heavy (non-hydrogen) atoms. The summed E-state index contributed by atoms with van der Waals surface area (Å²) in [6, 6.07) is -0.249. The molecule has 0 unspecified atom stereocenters. The molecule has 1 atom stereocenters. The lowest BCUT2D eigenvalue weighted by Crippen LogP contribution is -2.52. The molecule has 1 aliphatic heterocycles. The van der Waals surface area contributed by atoms with Crippen LogP contribution in [0, 0.1) is 0 Å². The molecule has 1 heterocycles. The second-order valence-corrected chi connectivity index (χ2v) is 6.89. The van der Waals surface area contributed by atoms with Gasteiger partial charge < -0.3 is 10.2 Å². The van der Waals surface area contributed by atoms with E-state index in [2.05, 4.69) is 17.0 Å². The lowest BCUT2D eigenvalue weighted by Gasteiger charge is -2.32. The molecular formula is C12H25N3O3S. The van der Waals surface area contributed by atoms with E-state index in [4.69, 9.17) is 0 Å². The van der Waals surface area contributed by atoms with Crippen LogP contribution in [0.5, 0.6) is 0 Å². The molecule has 1 aliphatic rings. The molecule has 0 radical (unpaired) electrons. The normalized spacial score (nSPS) is 20.3. The van der Waals surface area contributed by atoms with E-state index in [0.29, 0.717) is 19.6 Å². The number of unbranched alkanes of at least 4 members (excludes halogenated alkanes) is 2. The Balaban J connectivity index is 2.35. The van der Waals surface area contributed by atoms with E-state index in [1.165, 1.54) is 0 Å². The Morgan fingerprint density at radius 2 is 2.11 bits per heavy atom. The fourth-order valence-corrected chi connectivity index (χ4v) is 3.04. The number of sulfonamides is 1. The zero-order chi connectivity index (χ0) is 14.3. The Kier molecular flexibility index (Phi) is 6.57. The van der Waals surface area contributed by atoms with E-state index >= 15 is 0 Å². The van der Waals surface area contributed by atoms with E-state index in [1.807, 2.05) is 0 Å². The first-order valence-corrected chi connectivity index (χ1v) is 8.81. The minimum Gasteiger partial charge on any atom is -0.338 e. The van der Waals surface area contributed by atoms with Crippen molar-refractivity contribution in [3.05, 3.63) is 0 Å². The lowest BCUT2D eigenvalue weighted by atomic mass is 10.1. The third-order valence-corrected chi connectivity index (χ3v) is 3.91. The number of nitrogens with one attached hydrogen (secondary N) is 2. The second kappa shape index (κ2) is 7.69. The molecule has 0 aromatic carbocycles. The van der Waals surface area contributed by atoms with Crippen molar-refractivity contribution >= 4 is 16.1 Å². The van der Waals surface area contributed by atoms with Crippen molar-refractivity contribution in [3.63, 3.8) is 0 Å². The number of carbonyl (C=O) groups is 1. The number of nitrogens with zero attached hydrogens (tertiary/aromatic N) is 1. The standard InChI is InChI=1S/C12H25N3O3S/c1-3-4-5-8-13-12(16)15-9-6-7-11(10-15)14-19(2,17)18/h11,14H,3-10H2,1-2H3,(H,13,16)/t11-/m1/s1. The second-order valence-electron chi connectivity index (χ2n) is 5.11. The van der Waals surface area contributed by atoms with Crippen LogP contribution in [-0.2, 0) is 10.0 Å². The fourth-order valence-electron chi connectivity index (χ4n) is 2.24. The molecule has 0 spiro atoms. The van der Waals surface area contributed by atoms with Gasteiger partial charge in [0.1, 0.15) is 0 Å². The molecule has 1 saturated heterocycles. The SMILES string of the molecule is CCCCCNC(=O)N1CCC[C@@H](NS(C)(=O)=O)C1. The molecule has 6 nitrogen and oxygen atoms in total. The van der Waals surface area contributed by atoms with Crippen LogP contribution < -0.4 is 10.0 Å². The monoisotopic (exact) mass is 291 g/mol. The first-order chi connectivity index (χ1) is 8.92. The number of hydrogen-bond acceptors (Lipinski definition) is 3. The number of piperidine rings is 1. The molecule has 0 aromatic heterocycles. The van der Waals surface area contributed by atoms with Gasteiger partial charge in [0.05, 0.1) is 6.26 Å².